The number of hydrogen-bond acceptors (Lipinski definition) is 6. The number of rotatable bonds is 9. The van der Waals surface area contributed by atoms with E-state index in [2.05, 4.69) is 42.6 Å². The highest BCUT2D eigenvalue weighted by Crippen LogP contribution is 2.17. The van der Waals surface area contributed by atoms with Gasteiger partial charge in [0.15, 0.2) is 0 Å². The molecule has 1 N–H and O–H groups in total. The van der Waals surface area contributed by atoms with Gasteiger partial charge >= 0.3 is 18.0 Å². The van der Waals surface area contributed by atoms with Gasteiger partial charge in [0.05, 0.1) is 13.1 Å². The predicted octanol–water partition coefficient (Wildman–Crippen LogP) is 4.33. The Kier molecular flexibility index (Phi) is 8.31. The van der Waals surface area contributed by atoms with Crippen LogP contribution in [0.25, 0.3) is 0 Å². The highest BCUT2D eigenvalue weighted by Gasteiger charge is 2.15. The summed E-state index contributed by atoms with van der Waals surface area (Å²) < 4.78 is 32.9. The number of ether oxygens (including phenoxy) is 1. The highest BCUT2D eigenvalue weighted by molar-refractivity contribution is 14.1. The lowest BCUT2D eigenvalue weighted by atomic mass is 10.1. The van der Waals surface area contributed by atoms with Crippen LogP contribution in [-0.2, 0) is 19.6 Å². The molecule has 0 spiro atoms. The molecule has 192 valence electrons. The lowest BCUT2D eigenvalue weighted by Gasteiger charge is -2.16. The lowest BCUT2D eigenvalue weighted by Crippen LogP contribution is -2.43. The van der Waals surface area contributed by atoms with Crippen molar-refractivity contribution >= 4 is 28.5 Å². The first kappa shape index (κ1) is 26.5. The number of alkyl halides is 2. The molecule has 0 atom stereocenters. The minimum Gasteiger partial charge on any atom is -0.435 e. The van der Waals surface area contributed by atoms with E-state index >= 15 is 0 Å². The molecule has 8 nitrogen and oxygen atoms in total. The molecule has 0 unspecified atom stereocenters. The number of aromatic nitrogens is 4. The van der Waals surface area contributed by atoms with Crippen LogP contribution in [0.15, 0.2) is 70.4 Å². The Labute approximate surface area is 225 Å². The number of nitrogens with one attached hydrogen (secondary N) is 1. The Morgan fingerprint density at radius 1 is 0.973 bits per heavy atom. The zero-order chi connectivity index (χ0) is 26.5. The molecule has 2 heterocycles. The van der Waals surface area contributed by atoms with Crippen LogP contribution in [0.5, 0.6) is 5.75 Å². The van der Waals surface area contributed by atoms with Crippen molar-refractivity contribution in [3.63, 3.8) is 0 Å². The second kappa shape index (κ2) is 11.6. The van der Waals surface area contributed by atoms with Crippen LogP contribution in [0.4, 0.5) is 14.7 Å². The van der Waals surface area contributed by atoms with Crippen LogP contribution in [0.2, 0.25) is 0 Å². The summed E-state index contributed by atoms with van der Waals surface area (Å²) in [7, 11) is 0. The third-order valence-electron chi connectivity index (χ3n) is 5.69. The molecular weight excluding hydrogens is 595 g/mol. The van der Waals surface area contributed by atoms with Crippen LogP contribution in [-0.4, -0.2) is 25.7 Å². The molecule has 2 aromatic carbocycles. The van der Waals surface area contributed by atoms with Gasteiger partial charge < -0.3 is 10.1 Å². The van der Waals surface area contributed by atoms with E-state index in [4.69, 9.17) is 0 Å². The molecule has 0 aliphatic heterocycles. The fourth-order valence-electron chi connectivity index (χ4n) is 3.76. The van der Waals surface area contributed by atoms with Crippen molar-refractivity contribution in [2.24, 2.45) is 0 Å². The van der Waals surface area contributed by atoms with Crippen molar-refractivity contribution in [2.75, 3.05) is 5.32 Å². The lowest BCUT2D eigenvalue weighted by molar-refractivity contribution is -0.0498. The Balaban J connectivity index is 1.69. The van der Waals surface area contributed by atoms with Crippen molar-refractivity contribution in [3.05, 3.63) is 113 Å². The molecule has 0 bridgehead atoms. The fourth-order valence-corrected chi connectivity index (χ4v) is 4.12. The maximum atomic E-state index is 13.5. The fraction of sp³-hybridized carbons (Fsp3) is 0.231. The van der Waals surface area contributed by atoms with Crippen LogP contribution >= 0.6 is 22.6 Å². The van der Waals surface area contributed by atoms with Crippen LogP contribution in [0, 0.1) is 17.4 Å². The summed E-state index contributed by atoms with van der Waals surface area (Å²) in [6.45, 7) is 1.33. The molecule has 0 fully saturated rings. The van der Waals surface area contributed by atoms with E-state index in [0.29, 0.717) is 12.1 Å². The van der Waals surface area contributed by atoms with Gasteiger partial charge in [-0.1, -0.05) is 24.3 Å². The number of benzene rings is 2. The summed E-state index contributed by atoms with van der Waals surface area (Å²) >= 11 is 2.18. The highest BCUT2D eigenvalue weighted by atomic mass is 127. The van der Waals surface area contributed by atoms with E-state index in [9.17, 15) is 18.4 Å². The molecule has 37 heavy (non-hydrogen) atoms. The standard InChI is InChI=1S/C26H24F2IN5O3/c1-16-11-17(2)30-12-20(16)13-31-24-32-25(35)34(15-18-3-7-21(29)8-4-18)26(36)33(24)14-19-5-9-22(10-6-19)37-23(27)28/h3-12,23H,13-15H2,1-2H3,(H,31,32,35). The van der Waals surface area contributed by atoms with E-state index in [1.165, 1.54) is 16.7 Å². The zero-order valence-corrected chi connectivity index (χ0v) is 22.3. The summed E-state index contributed by atoms with van der Waals surface area (Å²) in [5.41, 5.74) is 2.98. The first-order valence-corrected chi connectivity index (χ1v) is 12.4. The van der Waals surface area contributed by atoms with Gasteiger partial charge in [-0.2, -0.15) is 13.8 Å². The van der Waals surface area contributed by atoms with E-state index in [-0.39, 0.29) is 24.8 Å². The van der Waals surface area contributed by atoms with E-state index in [0.717, 1.165) is 30.5 Å². The van der Waals surface area contributed by atoms with Crippen molar-refractivity contribution in [2.45, 2.75) is 40.1 Å². The maximum Gasteiger partial charge on any atom is 0.387 e. The molecule has 0 saturated heterocycles. The van der Waals surface area contributed by atoms with Gasteiger partial charge in [-0.15, -0.1) is 0 Å². The largest absolute Gasteiger partial charge is 0.435 e. The smallest absolute Gasteiger partial charge is 0.387 e. The van der Waals surface area contributed by atoms with Crippen molar-refractivity contribution in [1.29, 1.82) is 0 Å². The summed E-state index contributed by atoms with van der Waals surface area (Å²) in [4.78, 5) is 34.9. The van der Waals surface area contributed by atoms with Crippen molar-refractivity contribution in [3.8, 4) is 5.75 Å². The Morgan fingerprint density at radius 2 is 1.59 bits per heavy atom. The average molecular weight is 619 g/mol. The molecular formula is C26H24F2IN5O3. The second-order valence-electron chi connectivity index (χ2n) is 8.43. The Hall–Kier alpha value is -3.61. The van der Waals surface area contributed by atoms with Gasteiger partial charge in [0, 0.05) is 22.0 Å². The predicted molar refractivity (Wildman–Crippen MR) is 144 cm³/mol. The third-order valence-corrected chi connectivity index (χ3v) is 6.41. The number of pyridine rings is 1. The maximum absolute atomic E-state index is 13.5. The van der Waals surface area contributed by atoms with Gasteiger partial charge in [0.2, 0.25) is 5.95 Å². The summed E-state index contributed by atoms with van der Waals surface area (Å²) in [5, 5.41) is 3.10. The number of anilines is 1. The number of aryl methyl sites for hydroxylation is 2. The van der Waals surface area contributed by atoms with E-state index in [1.54, 1.807) is 18.3 Å². The van der Waals surface area contributed by atoms with E-state index in [1.807, 2.05) is 44.2 Å². The van der Waals surface area contributed by atoms with Crippen LogP contribution in [0.3, 0.4) is 0 Å². The zero-order valence-electron chi connectivity index (χ0n) is 20.1. The molecule has 11 heteroatoms. The van der Waals surface area contributed by atoms with Gasteiger partial charge in [-0.25, -0.2) is 14.2 Å². The van der Waals surface area contributed by atoms with Crippen molar-refractivity contribution < 1.29 is 13.5 Å². The second-order valence-corrected chi connectivity index (χ2v) is 9.67. The monoisotopic (exact) mass is 619 g/mol. The average Bonchev–Trinajstić information content (AvgIpc) is 2.85. The van der Waals surface area contributed by atoms with Gasteiger partial charge in [0.25, 0.3) is 0 Å². The SMILES string of the molecule is Cc1cc(C)c(CNc2nc(=O)n(Cc3ccc(I)cc3)c(=O)n2Cc2ccc(OC(F)F)cc2)cn1. The number of halogens is 3. The molecule has 4 rings (SSSR count). The van der Waals surface area contributed by atoms with Crippen molar-refractivity contribution in [1.82, 2.24) is 19.1 Å². The molecule has 4 aromatic rings. The molecule has 0 aliphatic carbocycles. The Morgan fingerprint density at radius 3 is 2.22 bits per heavy atom. The summed E-state index contributed by atoms with van der Waals surface area (Å²) in [5.74, 6) is 0.107. The quantitative estimate of drug-likeness (QED) is 0.281. The molecule has 2 aromatic heterocycles. The summed E-state index contributed by atoms with van der Waals surface area (Å²) in [6.07, 6.45) is 1.74. The molecule has 0 saturated carbocycles. The van der Waals surface area contributed by atoms with Gasteiger partial charge in [0.1, 0.15) is 5.75 Å². The normalized spacial score (nSPS) is 11.1. The summed E-state index contributed by atoms with van der Waals surface area (Å²) in [6, 6.07) is 15.4. The van der Waals surface area contributed by atoms with E-state index < -0.39 is 18.0 Å². The van der Waals surface area contributed by atoms with Gasteiger partial charge in [-0.3, -0.25) is 9.55 Å². The minimum atomic E-state index is -2.93. The third kappa shape index (κ3) is 6.79. The van der Waals surface area contributed by atoms with Crippen LogP contribution in [0.1, 0.15) is 27.9 Å². The molecule has 0 amide bonds. The first-order valence-electron chi connectivity index (χ1n) is 11.4. The Bertz CT molecular complexity index is 1500. The minimum absolute atomic E-state index is 0.00796. The molecule has 0 radical (unpaired) electrons. The number of nitrogens with zero attached hydrogens (tertiary/aromatic N) is 4. The van der Waals surface area contributed by atoms with Gasteiger partial charge in [-0.05, 0) is 89.0 Å². The van der Waals surface area contributed by atoms with Crippen LogP contribution < -0.4 is 21.4 Å². The molecule has 0 aliphatic rings. The number of hydrogen-bond donors (Lipinski definition) is 1. The topological polar surface area (TPSA) is 91.0 Å². The first-order chi connectivity index (χ1) is 17.7.